The molecule has 3 rings (SSSR count). The van der Waals surface area contributed by atoms with E-state index < -0.39 is 0 Å². The van der Waals surface area contributed by atoms with Gasteiger partial charge in [0.05, 0.1) is 6.20 Å². The lowest BCUT2D eigenvalue weighted by Crippen LogP contribution is -2.11. The van der Waals surface area contributed by atoms with Gasteiger partial charge in [0.1, 0.15) is 0 Å². The number of rotatable bonds is 7. The van der Waals surface area contributed by atoms with Crippen molar-refractivity contribution in [3.05, 3.63) is 72.2 Å². The Morgan fingerprint density at radius 3 is 2.46 bits per heavy atom. The maximum absolute atomic E-state index is 12.0. The molecule has 5 nitrogen and oxygen atoms in total. The van der Waals surface area contributed by atoms with E-state index in [1.807, 2.05) is 30.3 Å². The highest BCUT2D eigenvalue weighted by Gasteiger charge is 2.08. The number of ketones is 1. The van der Waals surface area contributed by atoms with E-state index in [0.29, 0.717) is 36.4 Å². The number of hydrogen-bond donors (Lipinski definition) is 1. The van der Waals surface area contributed by atoms with E-state index >= 15 is 0 Å². The van der Waals surface area contributed by atoms with Gasteiger partial charge in [0, 0.05) is 29.7 Å². The third-order valence-corrected chi connectivity index (χ3v) is 3.98. The highest BCUT2D eigenvalue weighted by molar-refractivity contribution is 5.95. The third-order valence-electron chi connectivity index (χ3n) is 3.98. The van der Waals surface area contributed by atoms with Gasteiger partial charge in [-0.1, -0.05) is 30.3 Å². The molecular weight excluding hydrogens is 328 g/mol. The molecule has 2 aromatic carbocycles. The summed E-state index contributed by atoms with van der Waals surface area (Å²) in [4.78, 5) is 27.5. The monoisotopic (exact) mass is 348 g/mol. The van der Waals surface area contributed by atoms with Gasteiger partial charge in [-0.25, -0.2) is 4.98 Å². The molecule has 0 radical (unpaired) electrons. The minimum Gasteiger partial charge on any atom is -0.441 e. The Hall–Kier alpha value is -3.21. The molecule has 0 saturated carbocycles. The van der Waals surface area contributed by atoms with Crippen LogP contribution in [0.4, 0.5) is 5.69 Å². The van der Waals surface area contributed by atoms with E-state index in [4.69, 9.17) is 4.42 Å². The number of benzene rings is 2. The van der Waals surface area contributed by atoms with Crippen LogP contribution in [0.25, 0.3) is 11.3 Å². The molecule has 26 heavy (non-hydrogen) atoms. The van der Waals surface area contributed by atoms with Crippen LogP contribution in [0.15, 0.2) is 65.2 Å². The molecule has 1 heterocycles. The minimum atomic E-state index is -0.0737. The number of carbonyl (C=O) groups excluding carboxylic acids is 2. The second kappa shape index (κ2) is 8.25. The second-order valence-corrected chi connectivity index (χ2v) is 6.02. The molecule has 0 fully saturated rings. The van der Waals surface area contributed by atoms with Crippen LogP contribution in [-0.2, 0) is 11.2 Å². The first kappa shape index (κ1) is 17.6. The molecule has 1 amide bonds. The van der Waals surface area contributed by atoms with Crippen molar-refractivity contribution in [1.82, 2.24) is 4.98 Å². The molecule has 5 heteroatoms. The number of aromatic nitrogens is 1. The van der Waals surface area contributed by atoms with Crippen LogP contribution in [0.3, 0.4) is 0 Å². The average molecular weight is 348 g/mol. The molecule has 0 aliphatic heterocycles. The first-order valence-electron chi connectivity index (χ1n) is 8.53. The van der Waals surface area contributed by atoms with Gasteiger partial charge in [-0.15, -0.1) is 0 Å². The third kappa shape index (κ3) is 4.66. The van der Waals surface area contributed by atoms with Gasteiger partial charge in [-0.05, 0) is 37.6 Å². The summed E-state index contributed by atoms with van der Waals surface area (Å²) in [5.41, 5.74) is 2.29. The number of aryl methyl sites for hydroxylation is 1. The topological polar surface area (TPSA) is 72.2 Å². The lowest BCUT2D eigenvalue weighted by atomic mass is 10.1. The molecule has 0 unspecified atom stereocenters. The van der Waals surface area contributed by atoms with Crippen LogP contribution < -0.4 is 5.32 Å². The number of carbonyl (C=O) groups is 2. The predicted molar refractivity (Wildman–Crippen MR) is 100.0 cm³/mol. The quantitative estimate of drug-likeness (QED) is 0.638. The van der Waals surface area contributed by atoms with Crippen molar-refractivity contribution in [1.29, 1.82) is 0 Å². The molecule has 0 atom stereocenters. The van der Waals surface area contributed by atoms with Crippen molar-refractivity contribution in [2.75, 3.05) is 5.32 Å². The summed E-state index contributed by atoms with van der Waals surface area (Å²) in [5, 5.41) is 2.82. The van der Waals surface area contributed by atoms with E-state index in [2.05, 4.69) is 10.3 Å². The molecule has 0 spiro atoms. The van der Waals surface area contributed by atoms with E-state index in [9.17, 15) is 9.59 Å². The normalized spacial score (nSPS) is 10.5. The summed E-state index contributed by atoms with van der Waals surface area (Å²) in [6.07, 6.45) is 3.33. The summed E-state index contributed by atoms with van der Waals surface area (Å²) < 4.78 is 5.73. The van der Waals surface area contributed by atoms with E-state index in [1.54, 1.807) is 30.5 Å². The Labute approximate surface area is 152 Å². The first-order valence-corrected chi connectivity index (χ1v) is 8.53. The highest BCUT2D eigenvalue weighted by atomic mass is 16.4. The average Bonchev–Trinajstić information content (AvgIpc) is 3.12. The molecule has 0 saturated heterocycles. The van der Waals surface area contributed by atoms with E-state index in [-0.39, 0.29) is 11.7 Å². The summed E-state index contributed by atoms with van der Waals surface area (Å²) in [6, 6.07) is 16.7. The number of oxazole rings is 1. The zero-order valence-electron chi connectivity index (χ0n) is 14.6. The molecule has 0 bridgehead atoms. The number of amides is 1. The fraction of sp³-hybridized carbons (Fsp3) is 0.190. The van der Waals surface area contributed by atoms with E-state index in [0.717, 1.165) is 11.3 Å². The largest absolute Gasteiger partial charge is 0.441 e. The van der Waals surface area contributed by atoms with Crippen molar-refractivity contribution in [2.24, 2.45) is 0 Å². The smallest absolute Gasteiger partial charge is 0.224 e. The van der Waals surface area contributed by atoms with Crippen LogP contribution in [0.1, 0.15) is 36.0 Å². The lowest BCUT2D eigenvalue weighted by molar-refractivity contribution is -0.116. The van der Waals surface area contributed by atoms with Gasteiger partial charge < -0.3 is 9.73 Å². The van der Waals surface area contributed by atoms with Crippen molar-refractivity contribution in [3.8, 4) is 11.3 Å². The molecule has 1 N–H and O–H groups in total. The molecule has 0 aliphatic carbocycles. The van der Waals surface area contributed by atoms with E-state index in [1.165, 1.54) is 6.92 Å². The Kier molecular flexibility index (Phi) is 5.59. The fourth-order valence-electron chi connectivity index (χ4n) is 2.57. The summed E-state index contributed by atoms with van der Waals surface area (Å²) in [6.45, 7) is 1.51. The van der Waals surface area contributed by atoms with Crippen molar-refractivity contribution < 1.29 is 14.0 Å². The molecule has 3 aromatic rings. The highest BCUT2D eigenvalue weighted by Crippen LogP contribution is 2.20. The molecule has 0 aliphatic rings. The standard InChI is InChI=1S/C21H20N2O3/c1-15(24)16-10-12-18(13-11-16)23-20(25)8-5-9-21-22-14-19(26-21)17-6-3-2-4-7-17/h2-4,6-7,10-14H,5,8-9H2,1H3,(H,23,25). The molecular formula is C21H20N2O3. The van der Waals surface area contributed by atoms with Crippen molar-refractivity contribution >= 4 is 17.4 Å². The Morgan fingerprint density at radius 2 is 1.77 bits per heavy atom. The zero-order valence-corrected chi connectivity index (χ0v) is 14.6. The first-order chi connectivity index (χ1) is 12.6. The fourth-order valence-corrected chi connectivity index (χ4v) is 2.57. The Morgan fingerprint density at radius 1 is 1.04 bits per heavy atom. The zero-order chi connectivity index (χ0) is 18.4. The predicted octanol–water partition coefficient (Wildman–Crippen LogP) is 4.51. The number of Topliss-reactive ketones (excluding diaryl/α,β-unsaturated/α-hetero) is 1. The van der Waals surface area contributed by atoms with Crippen LogP contribution in [-0.4, -0.2) is 16.7 Å². The SMILES string of the molecule is CC(=O)c1ccc(NC(=O)CCCc2ncc(-c3ccccc3)o2)cc1. The number of hydrogen-bond acceptors (Lipinski definition) is 4. The van der Waals surface area contributed by atoms with Gasteiger partial charge >= 0.3 is 0 Å². The van der Waals surface area contributed by atoms with Gasteiger partial charge in [-0.2, -0.15) is 0 Å². The van der Waals surface area contributed by atoms with Gasteiger partial charge in [0.15, 0.2) is 17.4 Å². The summed E-state index contributed by atoms with van der Waals surface area (Å²) in [7, 11) is 0. The maximum Gasteiger partial charge on any atom is 0.224 e. The minimum absolute atomic E-state index is 0.00342. The van der Waals surface area contributed by atoms with Crippen LogP contribution in [0.5, 0.6) is 0 Å². The summed E-state index contributed by atoms with van der Waals surface area (Å²) in [5.74, 6) is 1.29. The van der Waals surface area contributed by atoms with Crippen molar-refractivity contribution in [3.63, 3.8) is 0 Å². The molecule has 1 aromatic heterocycles. The van der Waals surface area contributed by atoms with Crippen LogP contribution in [0.2, 0.25) is 0 Å². The van der Waals surface area contributed by atoms with Crippen LogP contribution in [0, 0.1) is 0 Å². The Balaban J connectivity index is 1.46. The second-order valence-electron chi connectivity index (χ2n) is 6.02. The number of nitrogens with zero attached hydrogens (tertiary/aromatic N) is 1. The van der Waals surface area contributed by atoms with Gasteiger partial charge in [0.25, 0.3) is 0 Å². The summed E-state index contributed by atoms with van der Waals surface area (Å²) >= 11 is 0. The van der Waals surface area contributed by atoms with Crippen molar-refractivity contribution in [2.45, 2.75) is 26.2 Å². The number of nitrogens with one attached hydrogen (secondary N) is 1. The molecule has 132 valence electrons. The van der Waals surface area contributed by atoms with Gasteiger partial charge in [0.2, 0.25) is 5.91 Å². The van der Waals surface area contributed by atoms with Crippen LogP contribution >= 0.6 is 0 Å². The number of anilines is 1. The Bertz CT molecular complexity index is 883. The maximum atomic E-state index is 12.0. The van der Waals surface area contributed by atoms with Gasteiger partial charge in [-0.3, -0.25) is 9.59 Å². The lowest BCUT2D eigenvalue weighted by Gasteiger charge is -2.05.